The van der Waals surface area contributed by atoms with Gasteiger partial charge in [-0.1, -0.05) is 5.21 Å². The van der Waals surface area contributed by atoms with Crippen LogP contribution in [0, 0.1) is 0 Å². The van der Waals surface area contributed by atoms with Crippen LogP contribution < -0.4 is 11.1 Å². The van der Waals surface area contributed by atoms with E-state index in [-0.39, 0.29) is 0 Å². The van der Waals surface area contributed by atoms with Crippen LogP contribution in [0.4, 0.5) is 11.6 Å². The zero-order valence-corrected chi connectivity index (χ0v) is 13.9. The lowest BCUT2D eigenvalue weighted by molar-refractivity contribution is 0.100. The molecule has 4 rings (SSSR count). The van der Waals surface area contributed by atoms with E-state index in [1.807, 2.05) is 13.1 Å². The maximum atomic E-state index is 11.2. The Labute approximate surface area is 147 Å². The average Bonchev–Trinajstić information content (AvgIpc) is 3.28. The molecule has 0 saturated heterocycles. The number of nitrogens with one attached hydrogen (secondary N) is 1. The van der Waals surface area contributed by atoms with Gasteiger partial charge >= 0.3 is 0 Å². The molecule has 0 unspecified atom stereocenters. The van der Waals surface area contributed by atoms with Crippen molar-refractivity contribution in [2.45, 2.75) is 13.5 Å². The molecular formula is C16H15N9O. The van der Waals surface area contributed by atoms with Crippen molar-refractivity contribution in [3.63, 3.8) is 0 Å². The summed E-state index contributed by atoms with van der Waals surface area (Å²) in [6.45, 7) is 2.78. The summed E-state index contributed by atoms with van der Waals surface area (Å²) >= 11 is 0. The van der Waals surface area contributed by atoms with Crippen molar-refractivity contribution < 1.29 is 4.79 Å². The highest BCUT2D eigenvalue weighted by molar-refractivity contribution is 5.92. The molecule has 3 N–H and O–H groups in total. The monoisotopic (exact) mass is 349 g/mol. The Kier molecular flexibility index (Phi) is 3.77. The number of hydrogen-bond donors (Lipinski definition) is 2. The normalized spacial score (nSPS) is 11.0. The molecule has 130 valence electrons. The van der Waals surface area contributed by atoms with Gasteiger partial charge in [-0.15, -0.1) is 5.10 Å². The third-order valence-electron chi connectivity index (χ3n) is 3.80. The molecule has 0 spiro atoms. The highest BCUT2D eigenvalue weighted by Gasteiger charge is 2.11. The molecule has 0 atom stereocenters. The Balaban J connectivity index is 1.69. The zero-order chi connectivity index (χ0) is 18.1. The molecule has 3 heterocycles. The van der Waals surface area contributed by atoms with E-state index in [0.29, 0.717) is 28.4 Å². The number of rotatable bonds is 5. The molecule has 3 aromatic heterocycles. The number of aryl methyl sites for hydroxylation is 1. The van der Waals surface area contributed by atoms with E-state index in [4.69, 9.17) is 5.73 Å². The van der Waals surface area contributed by atoms with Gasteiger partial charge in [0.1, 0.15) is 0 Å². The van der Waals surface area contributed by atoms with E-state index in [9.17, 15) is 4.79 Å². The van der Waals surface area contributed by atoms with Crippen LogP contribution in [0.1, 0.15) is 17.3 Å². The summed E-state index contributed by atoms with van der Waals surface area (Å²) in [5, 5.41) is 15.5. The number of nitrogens with zero attached hydrogens (tertiary/aromatic N) is 7. The number of hydrogen-bond acceptors (Lipinski definition) is 7. The predicted molar refractivity (Wildman–Crippen MR) is 94.2 cm³/mol. The van der Waals surface area contributed by atoms with Gasteiger partial charge in [0, 0.05) is 18.3 Å². The van der Waals surface area contributed by atoms with Crippen molar-refractivity contribution in [1.29, 1.82) is 0 Å². The maximum absolute atomic E-state index is 11.2. The van der Waals surface area contributed by atoms with Crippen LogP contribution in [0.3, 0.4) is 0 Å². The van der Waals surface area contributed by atoms with Crippen molar-refractivity contribution in [2.75, 3.05) is 5.32 Å². The second-order valence-electron chi connectivity index (χ2n) is 5.52. The second kappa shape index (κ2) is 6.24. The third kappa shape index (κ3) is 2.83. The van der Waals surface area contributed by atoms with Gasteiger partial charge in [-0.2, -0.15) is 14.8 Å². The molecule has 0 fully saturated rings. The molecule has 0 radical (unpaired) electrons. The number of carbonyl (C=O) groups excluding carboxylic acids is 1. The van der Waals surface area contributed by atoms with Crippen LogP contribution in [0.25, 0.3) is 16.9 Å². The number of aromatic nitrogens is 7. The standard InChI is InChI=1S/C16H15N9O/c1-2-24-9-11(7-19-24)20-16-18-8-13-15(21-16)25(23-22-13)12-5-3-10(4-6-12)14(17)26/h3-9H,2H2,1H3,(H2,17,26)(H,18,20,21). The van der Waals surface area contributed by atoms with Crippen molar-refractivity contribution in [1.82, 2.24) is 34.7 Å². The lowest BCUT2D eigenvalue weighted by atomic mass is 10.2. The first-order valence-electron chi connectivity index (χ1n) is 7.92. The topological polar surface area (TPSA) is 129 Å². The van der Waals surface area contributed by atoms with Gasteiger partial charge in [-0.3, -0.25) is 9.48 Å². The van der Waals surface area contributed by atoms with E-state index in [2.05, 4.69) is 30.7 Å². The van der Waals surface area contributed by atoms with Crippen LogP contribution in [-0.2, 0) is 6.54 Å². The van der Waals surface area contributed by atoms with Crippen LogP contribution in [0.2, 0.25) is 0 Å². The molecule has 0 saturated carbocycles. The van der Waals surface area contributed by atoms with E-state index in [1.54, 1.807) is 46.0 Å². The lowest BCUT2D eigenvalue weighted by Crippen LogP contribution is -2.10. The Morgan fingerprint density at radius 1 is 1.23 bits per heavy atom. The van der Waals surface area contributed by atoms with E-state index < -0.39 is 5.91 Å². The number of amides is 1. The minimum absolute atomic E-state index is 0.408. The van der Waals surface area contributed by atoms with Crippen LogP contribution >= 0.6 is 0 Å². The summed E-state index contributed by atoms with van der Waals surface area (Å²) < 4.78 is 3.37. The third-order valence-corrected chi connectivity index (χ3v) is 3.80. The molecule has 0 bridgehead atoms. The van der Waals surface area contributed by atoms with Crippen LogP contribution in [0.5, 0.6) is 0 Å². The summed E-state index contributed by atoms with van der Waals surface area (Å²) in [5.74, 6) is -0.0769. The Morgan fingerprint density at radius 3 is 2.73 bits per heavy atom. The van der Waals surface area contributed by atoms with Gasteiger partial charge < -0.3 is 11.1 Å². The highest BCUT2D eigenvalue weighted by atomic mass is 16.1. The molecule has 1 aromatic carbocycles. The Morgan fingerprint density at radius 2 is 2.04 bits per heavy atom. The van der Waals surface area contributed by atoms with Crippen molar-refractivity contribution >= 4 is 28.7 Å². The minimum atomic E-state index is -0.485. The molecule has 0 aliphatic carbocycles. The zero-order valence-electron chi connectivity index (χ0n) is 13.9. The van der Waals surface area contributed by atoms with Crippen molar-refractivity contribution in [3.05, 3.63) is 48.4 Å². The van der Waals surface area contributed by atoms with Gasteiger partial charge in [0.05, 0.1) is 23.8 Å². The number of benzene rings is 1. The molecule has 0 aliphatic rings. The Bertz CT molecular complexity index is 1080. The fraction of sp³-hybridized carbons (Fsp3) is 0.125. The number of anilines is 2. The average molecular weight is 349 g/mol. The van der Waals surface area contributed by atoms with E-state index in [0.717, 1.165) is 12.2 Å². The quantitative estimate of drug-likeness (QED) is 0.555. The molecule has 10 heteroatoms. The lowest BCUT2D eigenvalue weighted by Gasteiger charge is -2.04. The van der Waals surface area contributed by atoms with E-state index in [1.165, 1.54) is 0 Å². The van der Waals surface area contributed by atoms with Crippen LogP contribution in [-0.4, -0.2) is 40.6 Å². The first kappa shape index (κ1) is 15.7. The van der Waals surface area contributed by atoms with Gasteiger partial charge in [0.15, 0.2) is 11.2 Å². The first-order valence-corrected chi connectivity index (χ1v) is 7.92. The largest absolute Gasteiger partial charge is 0.366 e. The highest BCUT2D eigenvalue weighted by Crippen LogP contribution is 2.18. The molecule has 1 amide bonds. The maximum Gasteiger partial charge on any atom is 0.248 e. The number of fused-ring (bicyclic) bond motifs is 1. The van der Waals surface area contributed by atoms with Gasteiger partial charge in [-0.05, 0) is 31.2 Å². The number of nitrogens with two attached hydrogens (primary N) is 1. The van der Waals surface area contributed by atoms with E-state index >= 15 is 0 Å². The fourth-order valence-electron chi connectivity index (χ4n) is 2.46. The molecular weight excluding hydrogens is 334 g/mol. The summed E-state index contributed by atoms with van der Waals surface area (Å²) in [6, 6.07) is 6.72. The van der Waals surface area contributed by atoms with Crippen LogP contribution in [0.15, 0.2) is 42.9 Å². The predicted octanol–water partition coefficient (Wildman–Crippen LogP) is 1.27. The smallest absolute Gasteiger partial charge is 0.248 e. The van der Waals surface area contributed by atoms with Gasteiger partial charge in [0.25, 0.3) is 0 Å². The fourth-order valence-corrected chi connectivity index (χ4v) is 2.46. The second-order valence-corrected chi connectivity index (χ2v) is 5.52. The summed E-state index contributed by atoms with van der Waals surface area (Å²) in [7, 11) is 0. The van der Waals surface area contributed by atoms with Crippen molar-refractivity contribution in [3.8, 4) is 5.69 Å². The summed E-state index contributed by atoms with van der Waals surface area (Å²) in [4.78, 5) is 19.9. The number of primary amides is 1. The molecule has 0 aliphatic heterocycles. The Hall–Kier alpha value is -3.82. The summed E-state index contributed by atoms with van der Waals surface area (Å²) in [5.41, 5.74) is 8.28. The SMILES string of the molecule is CCn1cc(Nc2ncc3nnn(-c4ccc(C(N)=O)cc4)c3n2)cn1. The molecule has 10 nitrogen and oxygen atoms in total. The van der Waals surface area contributed by atoms with Crippen molar-refractivity contribution in [2.24, 2.45) is 5.73 Å². The first-order chi connectivity index (χ1) is 12.6. The molecule has 4 aromatic rings. The number of carbonyl (C=O) groups is 1. The van der Waals surface area contributed by atoms with Gasteiger partial charge in [0.2, 0.25) is 11.9 Å². The summed E-state index contributed by atoms with van der Waals surface area (Å²) in [6.07, 6.45) is 5.16. The minimum Gasteiger partial charge on any atom is -0.366 e. The van der Waals surface area contributed by atoms with Gasteiger partial charge in [-0.25, -0.2) is 4.98 Å². The molecule has 26 heavy (non-hydrogen) atoms.